The summed E-state index contributed by atoms with van der Waals surface area (Å²) in [6.07, 6.45) is 0.384. The monoisotopic (exact) mass is 280 g/mol. The fraction of sp³-hybridized carbons (Fsp3) is 0.400. The minimum Gasteiger partial charge on any atom is -0.493 e. The zero-order valence-corrected chi connectivity index (χ0v) is 11.6. The number of imidazole rings is 1. The Kier molecular flexibility index (Phi) is 4.71. The number of rotatable bonds is 6. The van der Waals surface area contributed by atoms with Crippen LogP contribution in [0, 0.1) is 5.92 Å². The third kappa shape index (κ3) is 3.79. The highest BCUT2D eigenvalue weighted by Gasteiger charge is 2.14. The van der Waals surface area contributed by atoms with Crippen LogP contribution >= 0.6 is 0 Å². The van der Waals surface area contributed by atoms with Crippen LogP contribution in [-0.4, -0.2) is 16.2 Å². The molecule has 2 rings (SSSR count). The summed E-state index contributed by atoms with van der Waals surface area (Å²) < 4.78 is 32.6. The van der Waals surface area contributed by atoms with E-state index in [2.05, 4.69) is 18.8 Å². The standard InChI is InChI=1S/C15H18F2N2O/c1-11(2)10-20-13-5-3-4-12(8-13)9-19-7-6-18-15(19)14(16)17/h3-8,11,14H,9-10H2,1-2H3. The van der Waals surface area contributed by atoms with Gasteiger partial charge in [-0.1, -0.05) is 26.0 Å². The molecule has 0 aliphatic carbocycles. The number of ether oxygens (including phenoxy) is 1. The Morgan fingerprint density at radius 3 is 2.80 bits per heavy atom. The first-order chi connectivity index (χ1) is 9.56. The average Bonchev–Trinajstić information content (AvgIpc) is 2.85. The maximum Gasteiger partial charge on any atom is 0.295 e. The molecule has 0 aliphatic rings. The van der Waals surface area contributed by atoms with Crippen molar-refractivity contribution in [2.45, 2.75) is 26.8 Å². The second kappa shape index (κ2) is 6.50. The van der Waals surface area contributed by atoms with E-state index in [1.165, 1.54) is 10.8 Å². The van der Waals surface area contributed by atoms with Crippen molar-refractivity contribution in [1.29, 1.82) is 0 Å². The van der Waals surface area contributed by atoms with Gasteiger partial charge in [-0.15, -0.1) is 0 Å². The summed E-state index contributed by atoms with van der Waals surface area (Å²) in [4.78, 5) is 3.68. The van der Waals surface area contributed by atoms with Crippen molar-refractivity contribution in [3.8, 4) is 5.75 Å². The summed E-state index contributed by atoms with van der Waals surface area (Å²) in [7, 11) is 0. The van der Waals surface area contributed by atoms with Crippen molar-refractivity contribution in [3.05, 3.63) is 48.0 Å². The van der Waals surface area contributed by atoms with Crippen molar-refractivity contribution in [3.63, 3.8) is 0 Å². The molecule has 5 heteroatoms. The van der Waals surface area contributed by atoms with Gasteiger partial charge in [-0.3, -0.25) is 0 Å². The Morgan fingerprint density at radius 2 is 2.10 bits per heavy atom. The molecule has 1 aromatic heterocycles. The third-order valence-electron chi connectivity index (χ3n) is 2.78. The van der Waals surface area contributed by atoms with Crippen LogP contribution in [0.25, 0.3) is 0 Å². The number of hydrogen-bond donors (Lipinski definition) is 0. The molecule has 108 valence electrons. The summed E-state index contributed by atoms with van der Waals surface area (Å²) >= 11 is 0. The van der Waals surface area contributed by atoms with Crippen LogP contribution in [0.2, 0.25) is 0 Å². The lowest BCUT2D eigenvalue weighted by molar-refractivity contribution is 0.136. The van der Waals surface area contributed by atoms with Crippen LogP contribution < -0.4 is 4.74 Å². The Balaban J connectivity index is 2.09. The normalized spacial score (nSPS) is 11.3. The first-order valence-electron chi connectivity index (χ1n) is 6.57. The van der Waals surface area contributed by atoms with Crippen molar-refractivity contribution in [2.75, 3.05) is 6.61 Å². The maximum absolute atomic E-state index is 12.7. The summed E-state index contributed by atoms with van der Waals surface area (Å²) in [5, 5.41) is 0. The zero-order chi connectivity index (χ0) is 14.5. The lowest BCUT2D eigenvalue weighted by Gasteiger charge is -2.11. The van der Waals surface area contributed by atoms with Gasteiger partial charge >= 0.3 is 0 Å². The highest BCUT2D eigenvalue weighted by atomic mass is 19.3. The SMILES string of the molecule is CC(C)COc1cccc(Cn2ccnc2C(F)F)c1. The number of hydrogen-bond acceptors (Lipinski definition) is 2. The molecule has 0 spiro atoms. The smallest absolute Gasteiger partial charge is 0.295 e. The van der Waals surface area contributed by atoms with E-state index < -0.39 is 6.43 Å². The minimum absolute atomic E-state index is 0.210. The van der Waals surface area contributed by atoms with Crippen LogP contribution in [-0.2, 0) is 6.54 Å². The topological polar surface area (TPSA) is 27.1 Å². The molecule has 0 N–H and O–H groups in total. The summed E-state index contributed by atoms with van der Waals surface area (Å²) in [5.74, 6) is 0.992. The Hall–Kier alpha value is -1.91. The lowest BCUT2D eigenvalue weighted by Crippen LogP contribution is -2.06. The van der Waals surface area contributed by atoms with Gasteiger partial charge in [0.1, 0.15) is 5.75 Å². The Morgan fingerprint density at radius 1 is 1.30 bits per heavy atom. The lowest BCUT2D eigenvalue weighted by atomic mass is 10.2. The Bertz CT molecular complexity index is 552. The fourth-order valence-electron chi connectivity index (χ4n) is 1.85. The van der Waals surface area contributed by atoms with E-state index in [0.29, 0.717) is 19.1 Å². The second-order valence-electron chi connectivity index (χ2n) is 5.07. The number of aromatic nitrogens is 2. The first-order valence-corrected chi connectivity index (χ1v) is 6.57. The van der Waals surface area contributed by atoms with Crippen molar-refractivity contribution in [2.24, 2.45) is 5.92 Å². The average molecular weight is 280 g/mol. The predicted octanol–water partition coefficient (Wildman–Crippen LogP) is 3.90. The molecule has 2 aromatic rings. The second-order valence-corrected chi connectivity index (χ2v) is 5.07. The molecular weight excluding hydrogens is 262 g/mol. The van der Waals surface area contributed by atoms with Gasteiger partial charge in [0.15, 0.2) is 5.82 Å². The van der Waals surface area contributed by atoms with E-state index >= 15 is 0 Å². The molecule has 0 saturated carbocycles. The van der Waals surface area contributed by atoms with E-state index in [9.17, 15) is 8.78 Å². The highest BCUT2D eigenvalue weighted by molar-refractivity contribution is 5.29. The molecule has 20 heavy (non-hydrogen) atoms. The molecule has 0 aliphatic heterocycles. The first kappa shape index (κ1) is 14.5. The molecule has 3 nitrogen and oxygen atoms in total. The van der Waals surface area contributed by atoms with E-state index in [0.717, 1.165) is 11.3 Å². The van der Waals surface area contributed by atoms with Crippen LogP contribution in [0.15, 0.2) is 36.7 Å². The molecule has 0 radical (unpaired) electrons. The van der Waals surface area contributed by atoms with E-state index in [1.807, 2.05) is 24.3 Å². The number of halogens is 2. The van der Waals surface area contributed by atoms with Gasteiger partial charge in [0.2, 0.25) is 0 Å². The van der Waals surface area contributed by atoms with Crippen LogP contribution in [0.1, 0.15) is 31.7 Å². The molecule has 0 saturated heterocycles. The molecule has 1 heterocycles. The van der Waals surface area contributed by atoms with Gasteiger partial charge in [0.25, 0.3) is 6.43 Å². The maximum atomic E-state index is 12.7. The molecular formula is C15H18F2N2O. The van der Waals surface area contributed by atoms with Gasteiger partial charge in [0.05, 0.1) is 6.61 Å². The predicted molar refractivity (Wildman–Crippen MR) is 73.1 cm³/mol. The number of alkyl halides is 2. The fourth-order valence-corrected chi connectivity index (χ4v) is 1.85. The van der Waals surface area contributed by atoms with Crippen molar-refractivity contribution in [1.82, 2.24) is 9.55 Å². The number of benzene rings is 1. The number of nitrogens with zero attached hydrogens (tertiary/aromatic N) is 2. The molecule has 0 fully saturated rings. The molecule has 0 atom stereocenters. The Labute approximate surface area is 117 Å². The van der Waals surface area contributed by atoms with Gasteiger partial charge in [-0.25, -0.2) is 13.8 Å². The quantitative estimate of drug-likeness (QED) is 0.802. The van der Waals surface area contributed by atoms with E-state index in [1.54, 1.807) is 6.20 Å². The van der Waals surface area contributed by atoms with Gasteiger partial charge < -0.3 is 9.30 Å². The van der Waals surface area contributed by atoms with Gasteiger partial charge in [-0.05, 0) is 23.6 Å². The molecule has 1 aromatic carbocycles. The van der Waals surface area contributed by atoms with Crippen LogP contribution in [0.5, 0.6) is 5.75 Å². The highest BCUT2D eigenvalue weighted by Crippen LogP contribution is 2.19. The van der Waals surface area contributed by atoms with Crippen LogP contribution in [0.4, 0.5) is 8.78 Å². The largest absolute Gasteiger partial charge is 0.493 e. The van der Waals surface area contributed by atoms with E-state index in [-0.39, 0.29) is 5.82 Å². The summed E-state index contributed by atoms with van der Waals surface area (Å²) in [6.45, 7) is 5.14. The summed E-state index contributed by atoms with van der Waals surface area (Å²) in [5.41, 5.74) is 0.908. The zero-order valence-electron chi connectivity index (χ0n) is 11.6. The van der Waals surface area contributed by atoms with E-state index in [4.69, 9.17) is 4.74 Å². The molecule has 0 amide bonds. The van der Waals surface area contributed by atoms with Crippen molar-refractivity contribution >= 4 is 0 Å². The van der Waals surface area contributed by atoms with Gasteiger partial charge in [-0.2, -0.15) is 0 Å². The minimum atomic E-state index is -2.56. The molecule has 0 bridgehead atoms. The van der Waals surface area contributed by atoms with Gasteiger partial charge in [0, 0.05) is 18.9 Å². The third-order valence-corrected chi connectivity index (χ3v) is 2.78. The van der Waals surface area contributed by atoms with Crippen molar-refractivity contribution < 1.29 is 13.5 Å². The van der Waals surface area contributed by atoms with Crippen LogP contribution in [0.3, 0.4) is 0 Å². The molecule has 0 unspecified atom stereocenters. The summed E-state index contributed by atoms with van der Waals surface area (Å²) in [6, 6.07) is 7.49.